The van der Waals surface area contributed by atoms with Crippen LogP contribution in [0, 0.1) is 5.92 Å². The largest absolute Gasteiger partial charge is 0.311 e. The first kappa shape index (κ1) is 13.8. The molecule has 18 heavy (non-hydrogen) atoms. The second-order valence-corrected chi connectivity index (χ2v) is 5.89. The quantitative estimate of drug-likeness (QED) is 0.909. The van der Waals surface area contributed by atoms with Crippen molar-refractivity contribution in [1.82, 2.24) is 15.2 Å². The van der Waals surface area contributed by atoms with Gasteiger partial charge in [0.1, 0.15) is 0 Å². The van der Waals surface area contributed by atoms with Gasteiger partial charge in [-0.2, -0.15) is 0 Å². The van der Waals surface area contributed by atoms with Crippen LogP contribution in [-0.2, 0) is 6.54 Å². The summed E-state index contributed by atoms with van der Waals surface area (Å²) in [5.41, 5.74) is 1.18. The Morgan fingerprint density at radius 1 is 1.56 bits per heavy atom. The van der Waals surface area contributed by atoms with Gasteiger partial charge in [0, 0.05) is 44.6 Å². The minimum atomic E-state index is 0.611. The van der Waals surface area contributed by atoms with Gasteiger partial charge in [0.2, 0.25) is 0 Å². The van der Waals surface area contributed by atoms with Crippen LogP contribution in [0.1, 0.15) is 25.8 Å². The van der Waals surface area contributed by atoms with Crippen LogP contribution < -0.4 is 5.32 Å². The summed E-state index contributed by atoms with van der Waals surface area (Å²) in [7, 11) is 0. The van der Waals surface area contributed by atoms with E-state index in [9.17, 15) is 0 Å². The lowest BCUT2D eigenvalue weighted by atomic mass is 10.0. The van der Waals surface area contributed by atoms with E-state index in [0.29, 0.717) is 6.04 Å². The first-order valence-corrected chi connectivity index (χ1v) is 7.07. The summed E-state index contributed by atoms with van der Waals surface area (Å²) in [6, 6.07) is 2.63. The van der Waals surface area contributed by atoms with E-state index in [4.69, 9.17) is 11.6 Å². The first-order chi connectivity index (χ1) is 8.65. The zero-order valence-corrected chi connectivity index (χ0v) is 12.0. The lowest BCUT2D eigenvalue weighted by Gasteiger charge is -2.34. The Morgan fingerprint density at radius 2 is 2.39 bits per heavy atom. The number of nitrogens with one attached hydrogen (secondary N) is 1. The number of pyridine rings is 1. The highest BCUT2D eigenvalue weighted by Crippen LogP contribution is 2.17. The molecule has 0 saturated carbocycles. The minimum absolute atomic E-state index is 0.611. The molecule has 1 aliphatic rings. The maximum atomic E-state index is 6.16. The number of piperazine rings is 1. The molecule has 1 aromatic rings. The zero-order valence-electron chi connectivity index (χ0n) is 11.2. The van der Waals surface area contributed by atoms with Gasteiger partial charge in [-0.3, -0.25) is 9.88 Å². The molecule has 0 bridgehead atoms. The average Bonchev–Trinajstić information content (AvgIpc) is 2.32. The van der Waals surface area contributed by atoms with E-state index < -0.39 is 0 Å². The van der Waals surface area contributed by atoms with Crippen LogP contribution in [0.25, 0.3) is 0 Å². The van der Waals surface area contributed by atoms with Gasteiger partial charge in [-0.1, -0.05) is 25.4 Å². The maximum Gasteiger partial charge on any atom is 0.0634 e. The number of aromatic nitrogens is 1. The molecule has 100 valence electrons. The predicted molar refractivity (Wildman–Crippen MR) is 75.8 cm³/mol. The van der Waals surface area contributed by atoms with Crippen LogP contribution in [0.5, 0.6) is 0 Å². The molecule has 1 aliphatic heterocycles. The summed E-state index contributed by atoms with van der Waals surface area (Å²) in [6.45, 7) is 8.75. The highest BCUT2D eigenvalue weighted by Gasteiger charge is 2.20. The number of halogens is 1. The molecular formula is C14H22ClN3. The molecule has 0 aromatic carbocycles. The molecule has 2 rings (SSSR count). The Hall–Kier alpha value is -0.640. The van der Waals surface area contributed by atoms with Gasteiger partial charge in [-0.15, -0.1) is 0 Å². The third-order valence-electron chi connectivity index (χ3n) is 3.35. The van der Waals surface area contributed by atoms with Gasteiger partial charge in [-0.05, 0) is 24.0 Å². The fraction of sp³-hybridized carbons (Fsp3) is 0.643. The predicted octanol–water partition coefficient (Wildman–Crippen LogP) is 2.55. The molecule has 0 aliphatic carbocycles. The Balaban J connectivity index is 1.91. The van der Waals surface area contributed by atoms with E-state index in [0.717, 1.165) is 37.1 Å². The van der Waals surface area contributed by atoms with Crippen molar-refractivity contribution in [2.45, 2.75) is 32.9 Å². The standard InChI is InChI=1S/C14H22ClN3/c1-11(2)7-13-10-18(6-5-17-13)9-12-3-4-16-8-14(12)15/h3-4,8,11,13,17H,5-7,9-10H2,1-2H3. The van der Waals surface area contributed by atoms with E-state index in [-0.39, 0.29) is 0 Å². The molecule has 0 spiro atoms. The Bertz CT molecular complexity index is 381. The summed E-state index contributed by atoms with van der Waals surface area (Å²) in [6.07, 6.45) is 4.78. The molecule has 3 nitrogen and oxygen atoms in total. The van der Waals surface area contributed by atoms with Crippen molar-refractivity contribution in [2.75, 3.05) is 19.6 Å². The topological polar surface area (TPSA) is 28.2 Å². The van der Waals surface area contributed by atoms with Crippen LogP contribution in [0.4, 0.5) is 0 Å². The molecular weight excluding hydrogens is 246 g/mol. The molecule has 1 saturated heterocycles. The van der Waals surface area contributed by atoms with Crippen molar-refractivity contribution in [3.8, 4) is 0 Å². The van der Waals surface area contributed by atoms with Crippen molar-refractivity contribution in [3.05, 3.63) is 29.0 Å². The Kier molecular flexibility index (Phi) is 4.98. The zero-order chi connectivity index (χ0) is 13.0. The molecule has 1 fully saturated rings. The van der Waals surface area contributed by atoms with E-state index in [1.807, 2.05) is 12.3 Å². The van der Waals surface area contributed by atoms with Crippen molar-refractivity contribution < 1.29 is 0 Å². The highest BCUT2D eigenvalue weighted by molar-refractivity contribution is 6.31. The van der Waals surface area contributed by atoms with E-state index >= 15 is 0 Å². The average molecular weight is 268 g/mol. The third kappa shape index (κ3) is 3.94. The van der Waals surface area contributed by atoms with Crippen LogP contribution in [0.2, 0.25) is 5.02 Å². The monoisotopic (exact) mass is 267 g/mol. The van der Waals surface area contributed by atoms with Gasteiger partial charge in [0.15, 0.2) is 0 Å². The van der Waals surface area contributed by atoms with Gasteiger partial charge in [0.25, 0.3) is 0 Å². The van der Waals surface area contributed by atoms with Crippen molar-refractivity contribution in [1.29, 1.82) is 0 Å². The second kappa shape index (κ2) is 6.50. The SMILES string of the molecule is CC(C)CC1CN(Cc2ccncc2Cl)CCN1. The molecule has 1 N–H and O–H groups in total. The number of hydrogen-bond donors (Lipinski definition) is 1. The molecule has 2 heterocycles. The van der Waals surface area contributed by atoms with Crippen LogP contribution in [0.15, 0.2) is 18.5 Å². The van der Waals surface area contributed by atoms with Crippen LogP contribution >= 0.6 is 11.6 Å². The molecule has 1 atom stereocenters. The molecule has 4 heteroatoms. The van der Waals surface area contributed by atoms with E-state index in [2.05, 4.69) is 29.0 Å². The van der Waals surface area contributed by atoms with E-state index in [1.165, 1.54) is 12.0 Å². The number of rotatable bonds is 4. The maximum absolute atomic E-state index is 6.16. The van der Waals surface area contributed by atoms with E-state index in [1.54, 1.807) is 6.20 Å². The van der Waals surface area contributed by atoms with Gasteiger partial charge >= 0.3 is 0 Å². The number of nitrogens with zero attached hydrogens (tertiary/aromatic N) is 2. The van der Waals surface area contributed by atoms with Gasteiger partial charge in [0.05, 0.1) is 5.02 Å². The fourth-order valence-corrected chi connectivity index (χ4v) is 2.72. The summed E-state index contributed by atoms with van der Waals surface area (Å²) >= 11 is 6.16. The lowest BCUT2D eigenvalue weighted by Crippen LogP contribution is -2.50. The molecule has 1 unspecified atom stereocenters. The molecule has 0 radical (unpaired) electrons. The molecule has 1 aromatic heterocycles. The third-order valence-corrected chi connectivity index (χ3v) is 3.69. The second-order valence-electron chi connectivity index (χ2n) is 5.48. The Morgan fingerprint density at radius 3 is 3.11 bits per heavy atom. The van der Waals surface area contributed by atoms with Crippen LogP contribution in [-0.4, -0.2) is 35.6 Å². The van der Waals surface area contributed by atoms with Crippen LogP contribution in [0.3, 0.4) is 0 Å². The summed E-state index contributed by atoms with van der Waals surface area (Å²) in [4.78, 5) is 6.51. The summed E-state index contributed by atoms with van der Waals surface area (Å²) in [5.74, 6) is 0.743. The van der Waals surface area contributed by atoms with Crippen molar-refractivity contribution >= 4 is 11.6 Å². The highest BCUT2D eigenvalue weighted by atomic mass is 35.5. The summed E-state index contributed by atoms with van der Waals surface area (Å²) in [5, 5.41) is 4.37. The molecule has 0 amide bonds. The first-order valence-electron chi connectivity index (χ1n) is 6.69. The summed E-state index contributed by atoms with van der Waals surface area (Å²) < 4.78 is 0. The van der Waals surface area contributed by atoms with Gasteiger partial charge < -0.3 is 5.32 Å². The normalized spacial score (nSPS) is 21.4. The number of hydrogen-bond acceptors (Lipinski definition) is 3. The van der Waals surface area contributed by atoms with Crippen molar-refractivity contribution in [3.63, 3.8) is 0 Å². The fourth-order valence-electron chi connectivity index (χ4n) is 2.54. The lowest BCUT2D eigenvalue weighted by molar-refractivity contribution is 0.179. The van der Waals surface area contributed by atoms with Crippen molar-refractivity contribution in [2.24, 2.45) is 5.92 Å². The smallest absolute Gasteiger partial charge is 0.0634 e. The van der Waals surface area contributed by atoms with Gasteiger partial charge in [-0.25, -0.2) is 0 Å². The minimum Gasteiger partial charge on any atom is -0.311 e. The Labute approximate surface area is 115 Å².